The van der Waals surface area contributed by atoms with Crippen molar-refractivity contribution >= 4 is 43.6 Å². The van der Waals surface area contributed by atoms with E-state index in [2.05, 4.69) is 119 Å². The highest BCUT2D eigenvalue weighted by atomic mass is 15.0. The molecule has 0 amide bonds. The molecule has 7 rings (SSSR count). The van der Waals surface area contributed by atoms with Crippen molar-refractivity contribution < 1.29 is 0 Å². The van der Waals surface area contributed by atoms with Gasteiger partial charge in [-0.2, -0.15) is 0 Å². The second-order valence-electron chi connectivity index (χ2n) is 8.55. The Morgan fingerprint density at radius 2 is 1.09 bits per heavy atom. The fourth-order valence-corrected chi connectivity index (χ4v) is 5.12. The standard InChI is InChI=1S/C18H17N.C12H9N/c1-2-8-14(9-3-1)19-17-12-6-4-10-15(17)16-11-5-7-13-18(16)19;1-3-7-11-9(5-1)10-6-2-4-8-12(10)13-11/h2,4-8,10-14H,1,3,9H2;1-8,13H. The van der Waals surface area contributed by atoms with Crippen molar-refractivity contribution in [1.29, 1.82) is 0 Å². The number of aromatic nitrogens is 2. The van der Waals surface area contributed by atoms with E-state index in [1.807, 2.05) is 0 Å². The monoisotopic (exact) mass is 414 g/mol. The van der Waals surface area contributed by atoms with Gasteiger partial charge < -0.3 is 9.55 Å². The number of hydrogen-bond acceptors (Lipinski definition) is 0. The number of aromatic amines is 1. The molecule has 1 aliphatic carbocycles. The maximum Gasteiger partial charge on any atom is 0.0522 e. The minimum absolute atomic E-state index is 0.513. The van der Waals surface area contributed by atoms with Crippen molar-refractivity contribution in [3.05, 3.63) is 109 Å². The van der Waals surface area contributed by atoms with Crippen molar-refractivity contribution in [3.8, 4) is 0 Å². The molecule has 0 spiro atoms. The normalized spacial score (nSPS) is 15.9. The van der Waals surface area contributed by atoms with Crippen LogP contribution in [0.3, 0.4) is 0 Å². The third-order valence-electron chi connectivity index (χ3n) is 6.59. The van der Waals surface area contributed by atoms with Crippen LogP contribution < -0.4 is 0 Å². The lowest BCUT2D eigenvalue weighted by Crippen LogP contribution is -2.08. The highest BCUT2D eigenvalue weighted by Crippen LogP contribution is 2.35. The number of para-hydroxylation sites is 4. The predicted molar refractivity (Wildman–Crippen MR) is 137 cm³/mol. The molecule has 2 heterocycles. The number of benzene rings is 4. The van der Waals surface area contributed by atoms with Crippen LogP contribution in [0.25, 0.3) is 43.6 Å². The quantitative estimate of drug-likeness (QED) is 0.261. The molecule has 1 atom stereocenters. The Hall–Kier alpha value is -3.78. The van der Waals surface area contributed by atoms with E-state index in [1.54, 1.807) is 0 Å². The Morgan fingerprint density at radius 1 is 0.594 bits per heavy atom. The summed E-state index contributed by atoms with van der Waals surface area (Å²) in [7, 11) is 0. The molecular formula is C30H26N2. The lowest BCUT2D eigenvalue weighted by atomic mass is 10.0. The van der Waals surface area contributed by atoms with Crippen LogP contribution in [-0.4, -0.2) is 9.55 Å². The molecule has 6 aromatic rings. The average Bonchev–Trinajstić information content (AvgIpc) is 3.41. The summed E-state index contributed by atoms with van der Waals surface area (Å²) in [6, 6.07) is 34.8. The van der Waals surface area contributed by atoms with Gasteiger partial charge in [0.15, 0.2) is 0 Å². The molecule has 1 unspecified atom stereocenters. The molecule has 2 aromatic heterocycles. The summed E-state index contributed by atoms with van der Waals surface area (Å²) in [5.41, 5.74) is 5.15. The number of rotatable bonds is 1. The maximum atomic E-state index is 3.38. The van der Waals surface area contributed by atoms with Crippen molar-refractivity contribution in [1.82, 2.24) is 9.55 Å². The third-order valence-corrected chi connectivity index (χ3v) is 6.59. The van der Waals surface area contributed by atoms with Gasteiger partial charge >= 0.3 is 0 Å². The van der Waals surface area contributed by atoms with Gasteiger partial charge in [-0.3, -0.25) is 0 Å². The summed E-state index contributed by atoms with van der Waals surface area (Å²) in [6.07, 6.45) is 8.48. The van der Waals surface area contributed by atoms with Crippen LogP contribution in [0.1, 0.15) is 25.3 Å². The fourth-order valence-electron chi connectivity index (χ4n) is 5.12. The molecule has 0 radical (unpaired) electrons. The van der Waals surface area contributed by atoms with E-state index in [0.29, 0.717) is 6.04 Å². The van der Waals surface area contributed by atoms with Crippen LogP contribution in [0, 0.1) is 0 Å². The van der Waals surface area contributed by atoms with Gasteiger partial charge in [0.25, 0.3) is 0 Å². The predicted octanol–water partition coefficient (Wildman–Crippen LogP) is 8.40. The summed E-state index contributed by atoms with van der Waals surface area (Å²) in [6.45, 7) is 0. The van der Waals surface area contributed by atoms with Gasteiger partial charge in [-0.1, -0.05) is 84.9 Å². The molecule has 4 aromatic carbocycles. The Kier molecular flexibility index (Phi) is 4.77. The van der Waals surface area contributed by atoms with Crippen LogP contribution in [0.2, 0.25) is 0 Å². The van der Waals surface area contributed by atoms with Gasteiger partial charge in [0, 0.05) is 43.6 Å². The molecule has 0 fully saturated rings. The molecule has 1 N–H and O–H groups in total. The third kappa shape index (κ3) is 3.20. The van der Waals surface area contributed by atoms with Crippen molar-refractivity contribution in [2.75, 3.05) is 0 Å². The van der Waals surface area contributed by atoms with Crippen LogP contribution in [0.4, 0.5) is 0 Å². The first-order chi connectivity index (χ1) is 15.9. The van der Waals surface area contributed by atoms with Crippen molar-refractivity contribution in [3.63, 3.8) is 0 Å². The number of fused-ring (bicyclic) bond motifs is 6. The first kappa shape index (κ1) is 18.9. The summed E-state index contributed by atoms with van der Waals surface area (Å²) in [5.74, 6) is 0. The van der Waals surface area contributed by atoms with Gasteiger partial charge in [0.05, 0.1) is 6.04 Å². The number of hydrogen-bond donors (Lipinski definition) is 1. The Balaban J connectivity index is 0.000000131. The average molecular weight is 415 g/mol. The zero-order chi connectivity index (χ0) is 21.3. The number of H-pyrrole nitrogens is 1. The van der Waals surface area contributed by atoms with E-state index < -0.39 is 0 Å². The SMILES string of the molecule is C1=CC(n2c3ccccc3c3ccccc32)CCC1.c1ccc2c(c1)[nH]c1ccccc12. The molecule has 0 saturated heterocycles. The van der Waals surface area contributed by atoms with Crippen LogP contribution in [0.15, 0.2) is 109 Å². The van der Waals surface area contributed by atoms with Crippen LogP contribution in [-0.2, 0) is 0 Å². The smallest absolute Gasteiger partial charge is 0.0522 e. The molecular weight excluding hydrogens is 388 g/mol. The van der Waals surface area contributed by atoms with E-state index >= 15 is 0 Å². The second kappa shape index (κ2) is 8.05. The van der Waals surface area contributed by atoms with Crippen LogP contribution in [0.5, 0.6) is 0 Å². The topological polar surface area (TPSA) is 20.7 Å². The van der Waals surface area contributed by atoms with Crippen molar-refractivity contribution in [2.45, 2.75) is 25.3 Å². The zero-order valence-corrected chi connectivity index (χ0v) is 18.0. The molecule has 0 aliphatic heterocycles. The van der Waals surface area contributed by atoms with E-state index in [0.717, 1.165) is 0 Å². The summed E-state index contributed by atoms with van der Waals surface area (Å²) in [5, 5.41) is 5.35. The fraction of sp³-hybridized carbons (Fsp3) is 0.133. The van der Waals surface area contributed by atoms with Crippen molar-refractivity contribution in [2.24, 2.45) is 0 Å². The Morgan fingerprint density at radius 3 is 1.62 bits per heavy atom. The van der Waals surface area contributed by atoms with Gasteiger partial charge in [-0.15, -0.1) is 0 Å². The highest BCUT2D eigenvalue weighted by molar-refractivity contribution is 6.08. The Bertz CT molecular complexity index is 1460. The summed E-state index contributed by atoms with van der Waals surface area (Å²) < 4.78 is 2.51. The number of nitrogens with one attached hydrogen (secondary N) is 1. The molecule has 0 saturated carbocycles. The van der Waals surface area contributed by atoms with Crippen LogP contribution >= 0.6 is 0 Å². The molecule has 0 bridgehead atoms. The minimum Gasteiger partial charge on any atom is -0.355 e. The molecule has 32 heavy (non-hydrogen) atoms. The van der Waals surface area contributed by atoms with Gasteiger partial charge in [-0.05, 0) is 43.5 Å². The molecule has 1 aliphatic rings. The van der Waals surface area contributed by atoms with E-state index in [9.17, 15) is 0 Å². The Labute approximate surface area is 187 Å². The first-order valence-electron chi connectivity index (χ1n) is 11.5. The minimum atomic E-state index is 0.513. The number of nitrogens with zero attached hydrogens (tertiary/aromatic N) is 1. The molecule has 2 nitrogen and oxygen atoms in total. The maximum absolute atomic E-state index is 3.38. The van der Waals surface area contributed by atoms with Gasteiger partial charge in [-0.25, -0.2) is 0 Å². The largest absolute Gasteiger partial charge is 0.355 e. The van der Waals surface area contributed by atoms with E-state index in [4.69, 9.17) is 0 Å². The molecule has 2 heteroatoms. The zero-order valence-electron chi connectivity index (χ0n) is 18.0. The number of allylic oxidation sites excluding steroid dienone is 2. The lowest BCUT2D eigenvalue weighted by molar-refractivity contribution is 0.542. The summed E-state index contributed by atoms with van der Waals surface area (Å²) in [4.78, 5) is 3.38. The van der Waals surface area contributed by atoms with Gasteiger partial charge in [0.2, 0.25) is 0 Å². The first-order valence-corrected chi connectivity index (χ1v) is 11.5. The second-order valence-corrected chi connectivity index (χ2v) is 8.55. The van der Waals surface area contributed by atoms with Gasteiger partial charge in [0.1, 0.15) is 0 Å². The summed E-state index contributed by atoms with van der Waals surface area (Å²) >= 11 is 0. The highest BCUT2D eigenvalue weighted by Gasteiger charge is 2.17. The lowest BCUT2D eigenvalue weighted by Gasteiger charge is -2.20. The van der Waals surface area contributed by atoms with E-state index in [-0.39, 0.29) is 0 Å². The van der Waals surface area contributed by atoms with E-state index in [1.165, 1.54) is 62.9 Å². The molecule has 156 valence electrons.